The summed E-state index contributed by atoms with van der Waals surface area (Å²) in [6.45, 7) is 5.00. The lowest BCUT2D eigenvalue weighted by Gasteiger charge is -2.29. The number of benzene rings is 1. The third-order valence-electron chi connectivity index (χ3n) is 4.43. The third-order valence-corrected chi connectivity index (χ3v) is 4.43. The van der Waals surface area contributed by atoms with Gasteiger partial charge in [0.25, 0.3) is 0 Å². The molecule has 3 rings (SSSR count). The first-order valence-corrected chi connectivity index (χ1v) is 8.93. The van der Waals surface area contributed by atoms with E-state index in [0.717, 1.165) is 35.2 Å². The van der Waals surface area contributed by atoms with Crippen molar-refractivity contribution in [2.24, 2.45) is 7.05 Å². The molecule has 0 radical (unpaired) electrons. The molecule has 1 aromatic heterocycles. The van der Waals surface area contributed by atoms with Gasteiger partial charge in [0.2, 0.25) is 17.0 Å². The van der Waals surface area contributed by atoms with Crippen molar-refractivity contribution in [2.45, 2.75) is 26.7 Å². The number of unbranched alkanes of at least 4 members (excludes halogenated alkanes) is 1. The number of pyridine rings is 1. The normalized spacial score (nSPS) is 15.5. The van der Waals surface area contributed by atoms with Gasteiger partial charge >= 0.3 is 0 Å². The Bertz CT molecular complexity index is 912. The Balaban J connectivity index is 1.89. The van der Waals surface area contributed by atoms with Crippen molar-refractivity contribution in [3.8, 4) is 5.75 Å². The topological polar surface area (TPSA) is 62.5 Å². The monoisotopic (exact) mass is 353 g/mol. The smallest absolute Gasteiger partial charge is 0.226 e. The van der Waals surface area contributed by atoms with Crippen LogP contribution in [0.4, 0.5) is 0 Å². The van der Waals surface area contributed by atoms with Gasteiger partial charge in [-0.1, -0.05) is 13.3 Å². The average Bonchev–Trinajstić information content (AvgIpc) is 2.65. The van der Waals surface area contributed by atoms with Crippen LogP contribution in [0.15, 0.2) is 47.4 Å². The summed E-state index contributed by atoms with van der Waals surface area (Å²) in [7, 11) is 1.91. The lowest BCUT2D eigenvalue weighted by Crippen LogP contribution is -2.35. The molecule has 1 aromatic carbocycles. The maximum absolute atomic E-state index is 12.2. The SMILES string of the molecule is CCCCOC1=C([O-])C(=Cc2ccc3cc(OCC)ccc3[n+]2C)C1=O. The zero-order valence-corrected chi connectivity index (χ0v) is 15.4. The van der Waals surface area contributed by atoms with Gasteiger partial charge in [-0.2, -0.15) is 4.57 Å². The molecule has 0 spiro atoms. The fourth-order valence-corrected chi connectivity index (χ4v) is 2.92. The maximum Gasteiger partial charge on any atom is 0.226 e. The number of ether oxygens (including phenoxy) is 2. The summed E-state index contributed by atoms with van der Waals surface area (Å²) >= 11 is 0. The van der Waals surface area contributed by atoms with Gasteiger partial charge in [0, 0.05) is 23.8 Å². The summed E-state index contributed by atoms with van der Waals surface area (Å²) in [6.07, 6.45) is 3.41. The molecular weight excluding hydrogens is 330 g/mol. The number of carbonyl (C=O) groups is 1. The van der Waals surface area contributed by atoms with Crippen LogP contribution in [-0.2, 0) is 16.6 Å². The van der Waals surface area contributed by atoms with E-state index < -0.39 is 0 Å². The zero-order valence-electron chi connectivity index (χ0n) is 15.4. The number of hydrogen-bond acceptors (Lipinski definition) is 4. The molecule has 0 unspecified atom stereocenters. The summed E-state index contributed by atoms with van der Waals surface area (Å²) in [5.74, 6) is 0.171. The molecule has 0 bridgehead atoms. The molecule has 0 saturated heterocycles. The van der Waals surface area contributed by atoms with Gasteiger partial charge in [-0.05, 0) is 37.3 Å². The highest BCUT2D eigenvalue weighted by molar-refractivity contribution is 6.20. The van der Waals surface area contributed by atoms with E-state index in [1.807, 2.05) is 55.8 Å². The lowest BCUT2D eigenvalue weighted by molar-refractivity contribution is -0.646. The highest BCUT2D eigenvalue weighted by Gasteiger charge is 2.30. The summed E-state index contributed by atoms with van der Waals surface area (Å²) in [5.41, 5.74) is 1.95. The van der Waals surface area contributed by atoms with Gasteiger partial charge in [0.05, 0.1) is 18.6 Å². The molecule has 0 atom stereocenters. The van der Waals surface area contributed by atoms with Crippen LogP contribution < -0.4 is 14.4 Å². The van der Waals surface area contributed by atoms with Gasteiger partial charge in [-0.25, -0.2) is 0 Å². The quantitative estimate of drug-likeness (QED) is 0.436. The second-order valence-electron chi connectivity index (χ2n) is 6.22. The first-order valence-electron chi connectivity index (χ1n) is 8.93. The first kappa shape index (κ1) is 18.0. The van der Waals surface area contributed by atoms with E-state index in [4.69, 9.17) is 9.47 Å². The summed E-state index contributed by atoms with van der Waals surface area (Å²) in [4.78, 5) is 12.2. The van der Waals surface area contributed by atoms with Gasteiger partial charge in [0.1, 0.15) is 12.8 Å². The largest absolute Gasteiger partial charge is 0.869 e. The van der Waals surface area contributed by atoms with Crippen molar-refractivity contribution in [1.29, 1.82) is 0 Å². The minimum atomic E-state index is -0.308. The molecular formula is C21H23NO4. The zero-order chi connectivity index (χ0) is 18.7. The predicted octanol–water partition coefficient (Wildman–Crippen LogP) is 2.42. The summed E-state index contributed by atoms with van der Waals surface area (Å²) in [5, 5.41) is 13.2. The Morgan fingerprint density at radius 3 is 2.65 bits per heavy atom. The van der Waals surface area contributed by atoms with Crippen LogP contribution in [0.2, 0.25) is 0 Å². The van der Waals surface area contributed by atoms with Crippen molar-refractivity contribution in [3.05, 3.63) is 53.1 Å². The second-order valence-corrected chi connectivity index (χ2v) is 6.22. The highest BCUT2D eigenvalue weighted by Crippen LogP contribution is 2.29. The minimum Gasteiger partial charge on any atom is -0.869 e. The Kier molecular flexibility index (Phi) is 5.26. The predicted molar refractivity (Wildman–Crippen MR) is 97.2 cm³/mol. The van der Waals surface area contributed by atoms with Gasteiger partial charge in [0.15, 0.2) is 5.76 Å². The fourth-order valence-electron chi connectivity index (χ4n) is 2.92. The highest BCUT2D eigenvalue weighted by atomic mass is 16.5. The number of aryl methyl sites for hydroxylation is 1. The molecule has 2 aromatic rings. The molecule has 0 amide bonds. The molecule has 1 heterocycles. The third kappa shape index (κ3) is 3.29. The van der Waals surface area contributed by atoms with Crippen molar-refractivity contribution >= 4 is 22.8 Å². The number of nitrogens with zero attached hydrogens (tertiary/aromatic N) is 1. The Morgan fingerprint density at radius 1 is 1.15 bits per heavy atom. The molecule has 5 nitrogen and oxygen atoms in total. The number of Topliss-reactive ketones (excluding diaryl/α,β-unsaturated/α-hetero) is 1. The van der Waals surface area contributed by atoms with Crippen LogP contribution in [-0.4, -0.2) is 19.0 Å². The van der Waals surface area contributed by atoms with E-state index in [1.165, 1.54) is 0 Å². The minimum absolute atomic E-state index is 0.0329. The molecule has 0 fully saturated rings. The van der Waals surface area contributed by atoms with E-state index in [1.54, 1.807) is 6.08 Å². The van der Waals surface area contributed by atoms with Crippen LogP contribution in [0.25, 0.3) is 17.0 Å². The summed E-state index contributed by atoms with van der Waals surface area (Å²) in [6, 6.07) is 9.71. The van der Waals surface area contributed by atoms with E-state index in [2.05, 4.69) is 0 Å². The van der Waals surface area contributed by atoms with Crippen LogP contribution in [0.1, 0.15) is 32.4 Å². The maximum atomic E-state index is 12.2. The van der Waals surface area contributed by atoms with Crippen LogP contribution in [0.5, 0.6) is 5.75 Å². The molecule has 0 aliphatic heterocycles. The number of rotatable bonds is 7. The van der Waals surface area contributed by atoms with Gasteiger partial charge in [-0.15, -0.1) is 0 Å². The number of ketones is 1. The van der Waals surface area contributed by atoms with Crippen LogP contribution >= 0.6 is 0 Å². The Labute approximate surface area is 153 Å². The molecule has 0 saturated carbocycles. The molecule has 26 heavy (non-hydrogen) atoms. The average molecular weight is 353 g/mol. The van der Waals surface area contributed by atoms with E-state index in [0.29, 0.717) is 13.2 Å². The molecule has 0 N–H and O–H groups in total. The molecule has 1 aliphatic rings. The van der Waals surface area contributed by atoms with Gasteiger partial charge in [-0.3, -0.25) is 4.79 Å². The Morgan fingerprint density at radius 2 is 1.96 bits per heavy atom. The van der Waals surface area contributed by atoms with Crippen LogP contribution in [0, 0.1) is 0 Å². The molecule has 1 aliphatic carbocycles. The first-order chi connectivity index (χ1) is 12.6. The number of aromatic nitrogens is 1. The van der Waals surface area contributed by atoms with Crippen molar-refractivity contribution in [1.82, 2.24) is 0 Å². The second kappa shape index (κ2) is 7.60. The number of carbonyl (C=O) groups excluding carboxylic acids is 1. The van der Waals surface area contributed by atoms with E-state index in [9.17, 15) is 9.90 Å². The van der Waals surface area contributed by atoms with Gasteiger partial charge < -0.3 is 14.6 Å². The van der Waals surface area contributed by atoms with Crippen molar-refractivity contribution in [2.75, 3.05) is 13.2 Å². The number of allylic oxidation sites excluding steroid dienone is 2. The lowest BCUT2D eigenvalue weighted by atomic mass is 9.94. The van der Waals surface area contributed by atoms with E-state index in [-0.39, 0.29) is 22.9 Å². The van der Waals surface area contributed by atoms with Crippen LogP contribution in [0.3, 0.4) is 0 Å². The Hall–Kier alpha value is -2.82. The molecule has 136 valence electrons. The molecule has 5 heteroatoms. The van der Waals surface area contributed by atoms with Crippen molar-refractivity contribution in [3.63, 3.8) is 0 Å². The summed E-state index contributed by atoms with van der Waals surface area (Å²) < 4.78 is 12.8. The number of fused-ring (bicyclic) bond motifs is 1. The van der Waals surface area contributed by atoms with Crippen molar-refractivity contribution < 1.29 is 23.9 Å². The number of hydrogen-bond donors (Lipinski definition) is 0. The standard InChI is InChI=1S/C21H23NO4/c1-4-6-11-26-21-19(23)17(20(21)24)13-15-8-7-14-12-16(25-5-2)9-10-18(14)22(15)3/h7-10,12-13H,4-6,11H2,1-3H3. The van der Waals surface area contributed by atoms with E-state index >= 15 is 0 Å². The fraction of sp³-hybridized carbons (Fsp3) is 0.333.